The molecule has 0 amide bonds. The SMILES string of the molecule is CCCCCCCOc1ccc(C(=O)c2c(C)c(C#N)c(=O)n(Cc3ccc(F)cc3)c2O)cc1. The second-order valence-electron chi connectivity index (χ2n) is 8.44. The van der Waals surface area contributed by atoms with E-state index in [1.54, 1.807) is 24.3 Å². The second kappa shape index (κ2) is 12.0. The molecule has 1 N–H and O–H groups in total. The zero-order chi connectivity index (χ0) is 25.4. The highest BCUT2D eigenvalue weighted by atomic mass is 19.1. The summed E-state index contributed by atoms with van der Waals surface area (Å²) in [5, 5.41) is 20.5. The van der Waals surface area contributed by atoms with Crippen molar-refractivity contribution < 1.29 is 19.0 Å². The van der Waals surface area contributed by atoms with Gasteiger partial charge >= 0.3 is 0 Å². The van der Waals surface area contributed by atoms with Gasteiger partial charge < -0.3 is 9.84 Å². The lowest BCUT2D eigenvalue weighted by molar-refractivity contribution is 0.103. The standard InChI is InChI=1S/C28H29FN2O4/c1-3-4-5-6-7-16-35-23-14-10-21(11-15-23)26(32)25-19(2)24(17-30)27(33)31(28(25)34)18-20-8-12-22(29)13-9-20/h8-15,34H,3-7,16,18H2,1-2H3. The van der Waals surface area contributed by atoms with E-state index in [1.165, 1.54) is 50.5 Å². The topological polar surface area (TPSA) is 92.3 Å². The van der Waals surface area contributed by atoms with Crippen LogP contribution in [0.2, 0.25) is 0 Å². The minimum Gasteiger partial charge on any atom is -0.494 e. The molecule has 6 nitrogen and oxygen atoms in total. The number of ether oxygens (including phenoxy) is 1. The van der Waals surface area contributed by atoms with E-state index in [1.807, 2.05) is 6.07 Å². The molecule has 0 bridgehead atoms. The van der Waals surface area contributed by atoms with Crippen LogP contribution in [0.3, 0.4) is 0 Å². The highest BCUT2D eigenvalue weighted by Crippen LogP contribution is 2.26. The number of pyridine rings is 1. The van der Waals surface area contributed by atoms with Crippen molar-refractivity contribution in [3.63, 3.8) is 0 Å². The number of hydrogen-bond acceptors (Lipinski definition) is 5. The van der Waals surface area contributed by atoms with Crippen molar-refractivity contribution in [3.05, 3.63) is 92.5 Å². The number of aromatic hydroxyl groups is 1. The van der Waals surface area contributed by atoms with Crippen LogP contribution in [0.5, 0.6) is 11.6 Å². The highest BCUT2D eigenvalue weighted by molar-refractivity contribution is 6.11. The maximum absolute atomic E-state index is 13.3. The minimum atomic E-state index is -0.717. The molecule has 0 unspecified atom stereocenters. The lowest BCUT2D eigenvalue weighted by atomic mass is 9.97. The van der Waals surface area contributed by atoms with Crippen molar-refractivity contribution >= 4 is 5.78 Å². The number of benzene rings is 2. The molecule has 1 heterocycles. The van der Waals surface area contributed by atoms with E-state index in [9.17, 15) is 24.3 Å². The molecule has 2 aromatic carbocycles. The molecule has 35 heavy (non-hydrogen) atoms. The van der Waals surface area contributed by atoms with Crippen LogP contribution in [-0.2, 0) is 6.54 Å². The van der Waals surface area contributed by atoms with Crippen LogP contribution < -0.4 is 10.3 Å². The van der Waals surface area contributed by atoms with E-state index in [4.69, 9.17) is 4.74 Å². The molecular weight excluding hydrogens is 447 g/mol. The van der Waals surface area contributed by atoms with E-state index in [2.05, 4.69) is 6.92 Å². The van der Waals surface area contributed by atoms with Gasteiger partial charge in [0, 0.05) is 5.56 Å². The van der Waals surface area contributed by atoms with Gasteiger partial charge in [-0.3, -0.25) is 14.2 Å². The van der Waals surface area contributed by atoms with Gasteiger partial charge in [0.15, 0.2) is 5.78 Å². The molecule has 0 saturated carbocycles. The average molecular weight is 477 g/mol. The fourth-order valence-electron chi connectivity index (χ4n) is 3.88. The molecule has 0 aliphatic rings. The Morgan fingerprint density at radius 3 is 2.34 bits per heavy atom. The largest absolute Gasteiger partial charge is 0.494 e. The number of nitrogens with zero attached hydrogens (tertiary/aromatic N) is 2. The summed E-state index contributed by atoms with van der Waals surface area (Å²) in [6.07, 6.45) is 5.65. The Balaban J connectivity index is 1.85. The van der Waals surface area contributed by atoms with E-state index >= 15 is 0 Å². The zero-order valence-electron chi connectivity index (χ0n) is 20.0. The van der Waals surface area contributed by atoms with E-state index in [-0.39, 0.29) is 28.8 Å². The lowest BCUT2D eigenvalue weighted by Gasteiger charge is -2.16. The van der Waals surface area contributed by atoms with Crippen molar-refractivity contribution in [2.24, 2.45) is 0 Å². The molecule has 0 spiro atoms. The summed E-state index contributed by atoms with van der Waals surface area (Å²) >= 11 is 0. The fourth-order valence-corrected chi connectivity index (χ4v) is 3.88. The first kappa shape index (κ1) is 25.7. The Morgan fingerprint density at radius 1 is 1.06 bits per heavy atom. The number of ketones is 1. The van der Waals surface area contributed by atoms with Crippen LogP contribution >= 0.6 is 0 Å². The van der Waals surface area contributed by atoms with Gasteiger partial charge in [0.25, 0.3) is 5.56 Å². The van der Waals surface area contributed by atoms with Crippen molar-refractivity contribution in [2.45, 2.75) is 52.5 Å². The van der Waals surface area contributed by atoms with Gasteiger partial charge in [0.05, 0.1) is 18.7 Å². The summed E-state index contributed by atoms with van der Waals surface area (Å²) in [6.45, 7) is 4.11. The highest BCUT2D eigenvalue weighted by Gasteiger charge is 2.25. The summed E-state index contributed by atoms with van der Waals surface area (Å²) in [4.78, 5) is 26.1. The molecule has 182 valence electrons. The Hall–Kier alpha value is -3.92. The number of nitriles is 1. The molecule has 3 aromatic rings. The maximum atomic E-state index is 13.3. The van der Waals surface area contributed by atoms with Gasteiger partial charge in [-0.2, -0.15) is 5.26 Å². The predicted octanol–water partition coefficient (Wildman–Crippen LogP) is 5.50. The Morgan fingerprint density at radius 2 is 1.71 bits per heavy atom. The van der Waals surface area contributed by atoms with Crippen LogP contribution in [0.15, 0.2) is 53.3 Å². The minimum absolute atomic E-state index is 0.114. The van der Waals surface area contributed by atoms with E-state index < -0.39 is 23.0 Å². The average Bonchev–Trinajstić information content (AvgIpc) is 2.85. The number of rotatable bonds is 11. The van der Waals surface area contributed by atoms with Crippen LogP contribution in [0, 0.1) is 24.1 Å². The quantitative estimate of drug-likeness (QED) is 0.291. The van der Waals surface area contributed by atoms with Gasteiger partial charge in [-0.05, 0) is 60.9 Å². The Labute approximate surface area is 204 Å². The normalized spacial score (nSPS) is 10.7. The van der Waals surface area contributed by atoms with Gasteiger partial charge in [-0.1, -0.05) is 44.7 Å². The summed E-state index contributed by atoms with van der Waals surface area (Å²) in [6, 6.07) is 13.8. The first-order valence-electron chi connectivity index (χ1n) is 11.8. The van der Waals surface area contributed by atoms with Gasteiger partial charge in [-0.15, -0.1) is 0 Å². The molecule has 0 fully saturated rings. The third kappa shape index (κ3) is 6.15. The zero-order valence-corrected chi connectivity index (χ0v) is 20.0. The summed E-state index contributed by atoms with van der Waals surface area (Å²) in [7, 11) is 0. The smallest absolute Gasteiger partial charge is 0.271 e. The third-order valence-electron chi connectivity index (χ3n) is 5.91. The number of carbonyl (C=O) groups excluding carboxylic acids is 1. The van der Waals surface area contributed by atoms with Crippen LogP contribution in [0.25, 0.3) is 0 Å². The van der Waals surface area contributed by atoms with E-state index in [0.717, 1.165) is 17.4 Å². The summed E-state index contributed by atoms with van der Waals surface area (Å²) in [5.74, 6) is -0.854. The van der Waals surface area contributed by atoms with E-state index in [0.29, 0.717) is 17.9 Å². The number of aromatic nitrogens is 1. The van der Waals surface area contributed by atoms with Crippen LogP contribution in [0.1, 0.15) is 71.6 Å². The van der Waals surface area contributed by atoms with Gasteiger partial charge in [-0.25, -0.2) is 4.39 Å². The van der Waals surface area contributed by atoms with Gasteiger partial charge in [0.1, 0.15) is 23.2 Å². The second-order valence-corrected chi connectivity index (χ2v) is 8.44. The predicted molar refractivity (Wildman–Crippen MR) is 131 cm³/mol. The van der Waals surface area contributed by atoms with Crippen molar-refractivity contribution in [1.29, 1.82) is 5.26 Å². The molecule has 0 aliphatic heterocycles. The number of hydrogen-bond donors (Lipinski definition) is 1. The Kier molecular flexibility index (Phi) is 8.80. The fraction of sp³-hybridized carbons (Fsp3) is 0.321. The molecular formula is C28H29FN2O4. The number of unbranched alkanes of at least 4 members (excludes halogenated alkanes) is 4. The monoisotopic (exact) mass is 476 g/mol. The molecule has 0 aliphatic carbocycles. The lowest BCUT2D eigenvalue weighted by Crippen LogP contribution is -2.27. The van der Waals surface area contributed by atoms with Crippen molar-refractivity contribution in [2.75, 3.05) is 6.61 Å². The van der Waals surface area contributed by atoms with Gasteiger partial charge in [0.2, 0.25) is 5.88 Å². The maximum Gasteiger partial charge on any atom is 0.271 e. The number of carbonyl (C=O) groups is 1. The molecule has 7 heteroatoms. The number of halogens is 1. The molecule has 3 rings (SSSR count). The van der Waals surface area contributed by atoms with Crippen molar-refractivity contribution in [1.82, 2.24) is 4.57 Å². The molecule has 0 atom stereocenters. The molecule has 0 radical (unpaired) electrons. The first-order chi connectivity index (χ1) is 16.9. The Bertz CT molecular complexity index is 1270. The third-order valence-corrected chi connectivity index (χ3v) is 5.91. The molecule has 1 aromatic heterocycles. The molecule has 0 saturated heterocycles. The first-order valence-corrected chi connectivity index (χ1v) is 11.8. The van der Waals surface area contributed by atoms with Crippen LogP contribution in [0.4, 0.5) is 4.39 Å². The van der Waals surface area contributed by atoms with Crippen molar-refractivity contribution in [3.8, 4) is 17.7 Å². The summed E-state index contributed by atoms with van der Waals surface area (Å²) in [5.41, 5.74) is -0.126. The summed E-state index contributed by atoms with van der Waals surface area (Å²) < 4.78 is 20.0. The van der Waals surface area contributed by atoms with Crippen LogP contribution in [-0.4, -0.2) is 22.1 Å².